The number of likely N-dealkylation sites (tertiary alicyclic amines) is 1. The van der Waals surface area contributed by atoms with Crippen LogP contribution in [0.4, 0.5) is 4.39 Å². The lowest BCUT2D eigenvalue weighted by Crippen LogP contribution is -2.35. The number of hydrogen-bond acceptors (Lipinski definition) is 6. The summed E-state index contributed by atoms with van der Waals surface area (Å²) >= 11 is 5.98. The van der Waals surface area contributed by atoms with Gasteiger partial charge in [-0.3, -0.25) is 4.90 Å². The van der Waals surface area contributed by atoms with Gasteiger partial charge >= 0.3 is 5.97 Å². The molecule has 0 radical (unpaired) electrons. The van der Waals surface area contributed by atoms with Gasteiger partial charge in [-0.05, 0) is 81.6 Å². The molecule has 234 valence electrons. The van der Waals surface area contributed by atoms with E-state index < -0.39 is 17.6 Å². The summed E-state index contributed by atoms with van der Waals surface area (Å²) in [5.74, 6) is -0.207. The number of carboxylic acid groups (broad SMARTS) is 1. The molecule has 0 bridgehead atoms. The Labute approximate surface area is 266 Å². The molecule has 10 heteroatoms. The Morgan fingerprint density at radius 1 is 1.09 bits per heavy atom. The average molecular weight is 632 g/mol. The van der Waals surface area contributed by atoms with Crippen LogP contribution in [0, 0.1) is 12.7 Å². The molecule has 2 unspecified atom stereocenters. The number of ether oxygens (including phenoxy) is 3. The van der Waals surface area contributed by atoms with Gasteiger partial charge in [0, 0.05) is 35.4 Å². The molecule has 3 aliphatic rings. The van der Waals surface area contributed by atoms with Crippen LogP contribution >= 0.6 is 11.6 Å². The third-order valence-electron chi connectivity index (χ3n) is 9.29. The molecule has 1 N–H and O–H groups in total. The molecule has 7 rings (SSSR count). The van der Waals surface area contributed by atoms with Crippen molar-refractivity contribution in [1.82, 2.24) is 14.5 Å². The van der Waals surface area contributed by atoms with Gasteiger partial charge in [0.1, 0.15) is 11.6 Å². The second kappa shape index (κ2) is 11.8. The number of aromatic nitrogens is 2. The van der Waals surface area contributed by atoms with E-state index in [0.717, 1.165) is 73.8 Å². The number of halogens is 2. The summed E-state index contributed by atoms with van der Waals surface area (Å²) in [5.41, 5.74) is 4.23. The molecule has 0 saturated carbocycles. The highest BCUT2D eigenvalue weighted by Gasteiger charge is 2.43. The molecule has 4 aromatic rings. The predicted octanol–water partition coefficient (Wildman–Crippen LogP) is 7.16. The van der Waals surface area contributed by atoms with Gasteiger partial charge < -0.3 is 23.9 Å². The zero-order chi connectivity index (χ0) is 31.3. The largest absolute Gasteiger partial charge is 0.478 e. The van der Waals surface area contributed by atoms with E-state index in [1.807, 2.05) is 25.1 Å². The molecule has 2 atom stereocenters. The molecule has 45 heavy (non-hydrogen) atoms. The first-order valence-corrected chi connectivity index (χ1v) is 15.8. The molecular weight excluding hydrogens is 597 g/mol. The van der Waals surface area contributed by atoms with Gasteiger partial charge in [0.25, 0.3) is 5.79 Å². The maximum Gasteiger partial charge on any atom is 0.335 e. The van der Waals surface area contributed by atoms with E-state index >= 15 is 0 Å². The Morgan fingerprint density at radius 2 is 1.87 bits per heavy atom. The molecular formula is C35H35ClFN3O5. The van der Waals surface area contributed by atoms with Crippen molar-refractivity contribution in [1.29, 1.82) is 0 Å². The maximum atomic E-state index is 14.9. The minimum Gasteiger partial charge on any atom is -0.478 e. The second-order valence-corrected chi connectivity index (χ2v) is 12.7. The fourth-order valence-corrected chi connectivity index (χ4v) is 6.86. The highest BCUT2D eigenvalue weighted by atomic mass is 35.5. The Hall–Kier alpha value is -3.92. The number of aromatic carboxylic acids is 1. The fourth-order valence-electron chi connectivity index (χ4n) is 6.70. The van der Waals surface area contributed by atoms with Crippen LogP contribution in [0.5, 0.6) is 11.5 Å². The first-order chi connectivity index (χ1) is 21.7. The SMILES string of the molecule is Cc1c(-c2cccc(C(=O)O)c2)nc(CN2CCC(c3cccc4c3OC(C)(c3ccc(Cl)cc3F)O4)CC2)n1CC1CCO1. The van der Waals surface area contributed by atoms with Gasteiger partial charge in [0.05, 0.1) is 36.0 Å². The summed E-state index contributed by atoms with van der Waals surface area (Å²) in [4.78, 5) is 19.1. The van der Waals surface area contributed by atoms with E-state index in [-0.39, 0.29) is 17.6 Å². The number of rotatable bonds is 8. The van der Waals surface area contributed by atoms with Crippen LogP contribution in [-0.4, -0.2) is 51.3 Å². The quantitative estimate of drug-likeness (QED) is 0.221. The van der Waals surface area contributed by atoms with Crippen molar-refractivity contribution in [2.45, 2.75) is 64.0 Å². The highest BCUT2D eigenvalue weighted by Crippen LogP contribution is 2.50. The van der Waals surface area contributed by atoms with Crippen LogP contribution < -0.4 is 9.47 Å². The Balaban J connectivity index is 1.08. The molecule has 2 fully saturated rings. The minimum absolute atomic E-state index is 0.162. The van der Waals surface area contributed by atoms with Crippen molar-refractivity contribution in [3.63, 3.8) is 0 Å². The van der Waals surface area contributed by atoms with Crippen molar-refractivity contribution >= 4 is 17.6 Å². The van der Waals surface area contributed by atoms with Gasteiger partial charge in [-0.25, -0.2) is 14.2 Å². The number of carboxylic acids is 1. The molecule has 3 aliphatic heterocycles. The van der Waals surface area contributed by atoms with Crippen LogP contribution in [0.3, 0.4) is 0 Å². The summed E-state index contributed by atoms with van der Waals surface area (Å²) in [6.07, 6.45) is 3.02. The van der Waals surface area contributed by atoms with Crippen LogP contribution in [0.25, 0.3) is 11.3 Å². The van der Waals surface area contributed by atoms with Gasteiger partial charge in [-0.2, -0.15) is 0 Å². The summed E-state index contributed by atoms with van der Waals surface area (Å²) in [6, 6.07) is 17.4. The van der Waals surface area contributed by atoms with Crippen molar-refractivity contribution in [2.75, 3.05) is 19.7 Å². The van der Waals surface area contributed by atoms with Crippen LogP contribution in [0.15, 0.2) is 60.7 Å². The van der Waals surface area contributed by atoms with Gasteiger partial charge in [-0.1, -0.05) is 35.9 Å². The smallest absolute Gasteiger partial charge is 0.335 e. The lowest BCUT2D eigenvalue weighted by molar-refractivity contribution is -0.0712. The van der Waals surface area contributed by atoms with Crippen molar-refractivity contribution in [2.24, 2.45) is 0 Å². The topological polar surface area (TPSA) is 86.0 Å². The minimum atomic E-state index is -1.28. The van der Waals surface area contributed by atoms with E-state index in [1.165, 1.54) is 6.07 Å². The lowest BCUT2D eigenvalue weighted by atomic mass is 9.88. The molecule has 4 heterocycles. The van der Waals surface area contributed by atoms with Crippen LogP contribution in [-0.2, 0) is 23.6 Å². The summed E-state index contributed by atoms with van der Waals surface area (Å²) < 4.78 is 35.4. The van der Waals surface area contributed by atoms with E-state index in [0.29, 0.717) is 28.6 Å². The third kappa shape index (κ3) is 5.69. The second-order valence-electron chi connectivity index (χ2n) is 12.2. The number of benzene rings is 3. The van der Waals surface area contributed by atoms with E-state index in [2.05, 4.69) is 15.5 Å². The molecule has 8 nitrogen and oxygen atoms in total. The molecule has 0 aliphatic carbocycles. The standard InChI is InChI=1S/C35H35ClFN3O5/c1-21-32(23-5-3-6-24(17-23)34(41)42)38-31(40(21)19-26-13-16-43-26)20-39-14-11-22(12-15-39)27-7-4-8-30-33(27)45-35(2,44-30)28-10-9-25(36)18-29(28)37/h3-10,17-18,22,26H,11-16,19-20H2,1-2H3,(H,41,42). The Kier molecular flexibility index (Phi) is 7.79. The number of para-hydroxylation sites is 1. The third-order valence-corrected chi connectivity index (χ3v) is 9.52. The normalized spacial score (nSPS) is 21.6. The van der Waals surface area contributed by atoms with E-state index in [1.54, 1.807) is 37.3 Å². The fraction of sp³-hybridized carbons (Fsp3) is 0.371. The first kappa shape index (κ1) is 29.8. The van der Waals surface area contributed by atoms with Crippen molar-refractivity contribution in [3.8, 4) is 22.8 Å². The van der Waals surface area contributed by atoms with Crippen LogP contribution in [0.1, 0.15) is 65.1 Å². The molecule has 0 amide bonds. The van der Waals surface area contributed by atoms with E-state index in [9.17, 15) is 14.3 Å². The zero-order valence-electron chi connectivity index (χ0n) is 25.3. The number of imidazole rings is 1. The van der Waals surface area contributed by atoms with Gasteiger partial charge in [0.2, 0.25) is 0 Å². The summed E-state index contributed by atoms with van der Waals surface area (Å²) in [5, 5.41) is 9.85. The molecule has 3 aromatic carbocycles. The number of carbonyl (C=O) groups is 1. The van der Waals surface area contributed by atoms with Crippen molar-refractivity contribution in [3.05, 3.63) is 99.7 Å². The van der Waals surface area contributed by atoms with Crippen molar-refractivity contribution < 1.29 is 28.5 Å². The number of hydrogen-bond donors (Lipinski definition) is 1. The summed E-state index contributed by atoms with van der Waals surface area (Å²) in [6.45, 7) is 7.70. The Morgan fingerprint density at radius 3 is 2.58 bits per heavy atom. The molecule has 0 spiro atoms. The molecule has 2 saturated heterocycles. The molecule has 1 aromatic heterocycles. The number of nitrogens with zero attached hydrogens (tertiary/aromatic N) is 3. The monoisotopic (exact) mass is 631 g/mol. The predicted molar refractivity (Wildman–Crippen MR) is 167 cm³/mol. The van der Waals surface area contributed by atoms with Gasteiger partial charge in [0.15, 0.2) is 11.5 Å². The highest BCUT2D eigenvalue weighted by molar-refractivity contribution is 6.30. The van der Waals surface area contributed by atoms with Gasteiger partial charge in [-0.15, -0.1) is 0 Å². The zero-order valence-corrected chi connectivity index (χ0v) is 26.0. The first-order valence-electron chi connectivity index (χ1n) is 15.4. The maximum absolute atomic E-state index is 14.9. The average Bonchev–Trinajstić information content (AvgIpc) is 3.51. The number of piperidine rings is 1. The van der Waals surface area contributed by atoms with E-state index in [4.69, 9.17) is 30.8 Å². The lowest BCUT2D eigenvalue weighted by Gasteiger charge is -2.33. The number of fused-ring (bicyclic) bond motifs is 1. The Bertz CT molecular complexity index is 1760. The summed E-state index contributed by atoms with van der Waals surface area (Å²) in [7, 11) is 0. The van der Waals surface area contributed by atoms with Crippen LogP contribution in [0.2, 0.25) is 5.02 Å².